The molecule has 2 N–H and O–H groups in total. The summed E-state index contributed by atoms with van der Waals surface area (Å²) in [6.45, 7) is 5.97. The molecule has 1 aliphatic heterocycles. The Morgan fingerprint density at radius 3 is 2.68 bits per heavy atom. The Labute approximate surface area is 116 Å². The van der Waals surface area contributed by atoms with Gasteiger partial charge in [0, 0.05) is 26.2 Å². The summed E-state index contributed by atoms with van der Waals surface area (Å²) in [7, 11) is 1.78. The lowest BCUT2D eigenvalue weighted by atomic mass is 10.0. The van der Waals surface area contributed by atoms with Crippen molar-refractivity contribution in [3.05, 3.63) is 35.4 Å². The van der Waals surface area contributed by atoms with Gasteiger partial charge >= 0.3 is 0 Å². The lowest BCUT2D eigenvalue weighted by Gasteiger charge is -2.27. The van der Waals surface area contributed by atoms with Crippen LogP contribution in [0.5, 0.6) is 0 Å². The van der Waals surface area contributed by atoms with E-state index in [9.17, 15) is 0 Å². The monoisotopic (exact) mass is 262 g/mol. The number of methoxy groups -OCH3 is 1. The zero-order valence-corrected chi connectivity index (χ0v) is 12.1. The fourth-order valence-corrected chi connectivity index (χ4v) is 2.99. The standard InChI is InChI=1S/C16H26N2O/c1-3-13-4-6-15(7-5-13)16(10-17)18-9-8-14(11-18)12-19-2/h4-7,14,16H,3,8-12,17H2,1-2H3. The Morgan fingerprint density at radius 1 is 1.37 bits per heavy atom. The molecule has 1 saturated heterocycles. The van der Waals surface area contributed by atoms with Crippen molar-refractivity contribution in [1.29, 1.82) is 0 Å². The summed E-state index contributed by atoms with van der Waals surface area (Å²) in [6, 6.07) is 9.27. The maximum absolute atomic E-state index is 6.00. The fraction of sp³-hybridized carbons (Fsp3) is 0.625. The quantitative estimate of drug-likeness (QED) is 0.854. The van der Waals surface area contributed by atoms with Gasteiger partial charge in [-0.1, -0.05) is 31.2 Å². The summed E-state index contributed by atoms with van der Waals surface area (Å²) in [5, 5.41) is 0. The number of hydrogen-bond acceptors (Lipinski definition) is 3. The molecule has 0 saturated carbocycles. The summed E-state index contributed by atoms with van der Waals surface area (Å²) in [6.07, 6.45) is 2.31. The lowest BCUT2D eigenvalue weighted by molar-refractivity contribution is 0.147. The lowest BCUT2D eigenvalue weighted by Crippen LogP contribution is -2.32. The average Bonchev–Trinajstić information content (AvgIpc) is 2.89. The molecule has 2 atom stereocenters. The van der Waals surface area contributed by atoms with Crippen LogP contribution in [0.1, 0.15) is 30.5 Å². The summed E-state index contributed by atoms with van der Waals surface area (Å²) in [4.78, 5) is 2.50. The van der Waals surface area contributed by atoms with E-state index in [0.717, 1.165) is 26.1 Å². The second-order valence-electron chi connectivity index (χ2n) is 5.45. The first-order valence-corrected chi connectivity index (χ1v) is 7.30. The van der Waals surface area contributed by atoms with Crippen LogP contribution in [0.2, 0.25) is 0 Å². The van der Waals surface area contributed by atoms with E-state index in [2.05, 4.69) is 36.1 Å². The van der Waals surface area contributed by atoms with Crippen LogP contribution in [-0.4, -0.2) is 38.3 Å². The van der Waals surface area contributed by atoms with Crippen molar-refractivity contribution >= 4 is 0 Å². The molecule has 0 radical (unpaired) electrons. The van der Waals surface area contributed by atoms with Gasteiger partial charge in [0.25, 0.3) is 0 Å². The summed E-state index contributed by atoms with van der Waals surface area (Å²) < 4.78 is 5.27. The van der Waals surface area contributed by atoms with Gasteiger partial charge in [0.05, 0.1) is 6.61 Å². The van der Waals surface area contributed by atoms with E-state index >= 15 is 0 Å². The maximum atomic E-state index is 6.00. The van der Waals surface area contributed by atoms with Crippen LogP contribution in [-0.2, 0) is 11.2 Å². The third-order valence-electron chi connectivity index (χ3n) is 4.16. The summed E-state index contributed by atoms with van der Waals surface area (Å²) in [5.74, 6) is 0.661. The van der Waals surface area contributed by atoms with Gasteiger partial charge < -0.3 is 10.5 Å². The number of likely N-dealkylation sites (tertiary alicyclic amines) is 1. The molecule has 1 heterocycles. The molecule has 19 heavy (non-hydrogen) atoms. The Kier molecular flexibility index (Phi) is 5.37. The van der Waals surface area contributed by atoms with Crippen molar-refractivity contribution < 1.29 is 4.74 Å². The molecule has 3 heteroatoms. The largest absolute Gasteiger partial charge is 0.384 e. The SMILES string of the molecule is CCc1ccc(C(CN)N2CCC(COC)C2)cc1. The van der Waals surface area contributed by atoms with E-state index in [4.69, 9.17) is 10.5 Å². The van der Waals surface area contributed by atoms with E-state index in [1.165, 1.54) is 17.5 Å². The first-order valence-electron chi connectivity index (χ1n) is 7.30. The van der Waals surface area contributed by atoms with Crippen molar-refractivity contribution in [3.8, 4) is 0 Å². The minimum absolute atomic E-state index is 0.354. The van der Waals surface area contributed by atoms with Gasteiger partial charge in [-0.3, -0.25) is 4.90 Å². The number of nitrogens with zero attached hydrogens (tertiary/aromatic N) is 1. The Morgan fingerprint density at radius 2 is 2.11 bits per heavy atom. The van der Waals surface area contributed by atoms with Crippen LogP contribution in [0.15, 0.2) is 24.3 Å². The highest BCUT2D eigenvalue weighted by atomic mass is 16.5. The van der Waals surface area contributed by atoms with Crippen molar-refractivity contribution in [2.75, 3.05) is 33.4 Å². The number of rotatable bonds is 6. The molecule has 2 unspecified atom stereocenters. The summed E-state index contributed by atoms with van der Waals surface area (Å²) in [5.41, 5.74) is 8.73. The zero-order chi connectivity index (χ0) is 13.7. The molecule has 1 fully saturated rings. The van der Waals surface area contributed by atoms with Crippen LogP contribution in [0, 0.1) is 5.92 Å². The molecule has 1 aromatic rings. The van der Waals surface area contributed by atoms with Crippen LogP contribution in [0.25, 0.3) is 0 Å². The van der Waals surface area contributed by atoms with Crippen LogP contribution in [0.4, 0.5) is 0 Å². The average molecular weight is 262 g/mol. The molecule has 1 aliphatic rings. The molecule has 0 aromatic heterocycles. The second kappa shape index (κ2) is 7.04. The van der Waals surface area contributed by atoms with Crippen molar-refractivity contribution in [3.63, 3.8) is 0 Å². The second-order valence-corrected chi connectivity index (χ2v) is 5.45. The zero-order valence-electron chi connectivity index (χ0n) is 12.1. The predicted octanol–water partition coefficient (Wildman–Crippen LogP) is 2.22. The van der Waals surface area contributed by atoms with Gasteiger partial charge in [-0.05, 0) is 36.4 Å². The van der Waals surface area contributed by atoms with Gasteiger partial charge in [0.1, 0.15) is 0 Å². The number of aryl methyl sites for hydroxylation is 1. The number of benzene rings is 1. The minimum Gasteiger partial charge on any atom is -0.384 e. The molecule has 3 nitrogen and oxygen atoms in total. The van der Waals surface area contributed by atoms with E-state index in [1.807, 2.05) is 0 Å². The van der Waals surface area contributed by atoms with E-state index in [0.29, 0.717) is 18.5 Å². The van der Waals surface area contributed by atoms with Crippen LogP contribution in [0.3, 0.4) is 0 Å². The molecule has 0 aliphatic carbocycles. The number of nitrogens with two attached hydrogens (primary N) is 1. The highest BCUT2D eigenvalue weighted by molar-refractivity contribution is 5.25. The first-order chi connectivity index (χ1) is 9.28. The Bertz CT molecular complexity index is 377. The van der Waals surface area contributed by atoms with Crippen molar-refractivity contribution in [2.45, 2.75) is 25.8 Å². The number of hydrogen-bond donors (Lipinski definition) is 1. The van der Waals surface area contributed by atoms with Crippen molar-refractivity contribution in [2.24, 2.45) is 11.7 Å². The van der Waals surface area contributed by atoms with Crippen LogP contribution >= 0.6 is 0 Å². The Balaban J connectivity index is 2.03. The predicted molar refractivity (Wildman–Crippen MR) is 79.2 cm³/mol. The third-order valence-corrected chi connectivity index (χ3v) is 4.16. The van der Waals surface area contributed by atoms with E-state index in [1.54, 1.807) is 7.11 Å². The molecular formula is C16H26N2O. The maximum Gasteiger partial charge on any atom is 0.0503 e. The fourth-order valence-electron chi connectivity index (χ4n) is 2.99. The van der Waals surface area contributed by atoms with Crippen LogP contribution < -0.4 is 5.73 Å². The molecule has 1 aromatic carbocycles. The third kappa shape index (κ3) is 3.56. The molecular weight excluding hydrogens is 236 g/mol. The van der Waals surface area contributed by atoms with Gasteiger partial charge in [-0.2, -0.15) is 0 Å². The molecule has 106 valence electrons. The van der Waals surface area contributed by atoms with E-state index < -0.39 is 0 Å². The smallest absolute Gasteiger partial charge is 0.0503 e. The van der Waals surface area contributed by atoms with Crippen molar-refractivity contribution in [1.82, 2.24) is 4.90 Å². The minimum atomic E-state index is 0.354. The topological polar surface area (TPSA) is 38.5 Å². The van der Waals surface area contributed by atoms with Gasteiger partial charge in [0.2, 0.25) is 0 Å². The van der Waals surface area contributed by atoms with Gasteiger partial charge in [-0.25, -0.2) is 0 Å². The summed E-state index contributed by atoms with van der Waals surface area (Å²) >= 11 is 0. The van der Waals surface area contributed by atoms with Gasteiger partial charge in [0.15, 0.2) is 0 Å². The molecule has 0 spiro atoms. The highest BCUT2D eigenvalue weighted by Gasteiger charge is 2.28. The number of ether oxygens (including phenoxy) is 1. The first kappa shape index (κ1) is 14.5. The normalized spacial score (nSPS) is 21.7. The van der Waals surface area contributed by atoms with E-state index in [-0.39, 0.29) is 0 Å². The Hall–Kier alpha value is -0.900. The van der Waals surface area contributed by atoms with Gasteiger partial charge in [-0.15, -0.1) is 0 Å². The highest BCUT2D eigenvalue weighted by Crippen LogP contribution is 2.27. The molecule has 0 bridgehead atoms. The molecule has 2 rings (SSSR count). The molecule has 0 amide bonds.